The molecule has 11 heteroatoms. The summed E-state index contributed by atoms with van der Waals surface area (Å²) in [6, 6.07) is -0.823. The number of aromatic amines is 1. The highest BCUT2D eigenvalue weighted by atomic mass is 16.4. The lowest BCUT2D eigenvalue weighted by atomic mass is 9.83. The fourth-order valence-corrected chi connectivity index (χ4v) is 7.41. The maximum absolute atomic E-state index is 12.4. The van der Waals surface area contributed by atoms with Crippen molar-refractivity contribution in [2.75, 3.05) is 0 Å². The largest absolute Gasteiger partial charge is 0.495 e. The molecular weight excluding hydrogens is 564 g/mol. The Labute approximate surface area is 258 Å². The van der Waals surface area contributed by atoms with Crippen molar-refractivity contribution < 1.29 is 34.8 Å². The Morgan fingerprint density at radius 1 is 0.932 bits per heavy atom. The number of nitrogens with one attached hydrogen (secondary N) is 4. The maximum atomic E-state index is 12.4. The summed E-state index contributed by atoms with van der Waals surface area (Å²) in [6.45, 7) is 11.8. The summed E-state index contributed by atoms with van der Waals surface area (Å²) in [5.74, 6) is -2.05. The molecule has 44 heavy (non-hydrogen) atoms. The SMILES string of the molecule is CCC1=C(O)NC([C@H](O)C2NC(Cc3[nH]c(/C=C4\NC(=O)[C@H](C)[C@H]4CC)c(C)c3CCC(=O)O)=C(CCC(=O)O)C2C)C1C. The second-order valence-corrected chi connectivity index (χ2v) is 12.6. The molecule has 0 spiro atoms. The molecule has 0 aromatic carbocycles. The van der Waals surface area contributed by atoms with Gasteiger partial charge in [0.2, 0.25) is 5.91 Å². The number of carboxylic acid groups (broad SMARTS) is 2. The smallest absolute Gasteiger partial charge is 0.303 e. The zero-order chi connectivity index (χ0) is 32.5. The van der Waals surface area contributed by atoms with Gasteiger partial charge in [0.15, 0.2) is 5.88 Å². The van der Waals surface area contributed by atoms with Crippen LogP contribution in [0.5, 0.6) is 0 Å². The van der Waals surface area contributed by atoms with Crippen molar-refractivity contribution in [1.82, 2.24) is 20.9 Å². The molecule has 4 heterocycles. The summed E-state index contributed by atoms with van der Waals surface area (Å²) in [4.78, 5) is 39.1. The van der Waals surface area contributed by atoms with E-state index in [-0.39, 0.29) is 48.3 Å². The summed E-state index contributed by atoms with van der Waals surface area (Å²) in [6.07, 6.45) is 3.42. The fraction of sp³-hybridized carbons (Fsp3) is 0.606. The van der Waals surface area contributed by atoms with Gasteiger partial charge in [0.1, 0.15) is 0 Å². The number of aliphatic hydroxyl groups excluding tert-OH is 2. The Hall–Kier alpha value is -3.73. The first-order valence-electron chi connectivity index (χ1n) is 15.8. The van der Waals surface area contributed by atoms with Gasteiger partial charge in [0.05, 0.1) is 18.2 Å². The van der Waals surface area contributed by atoms with Gasteiger partial charge >= 0.3 is 11.9 Å². The second-order valence-electron chi connectivity index (χ2n) is 12.6. The number of aliphatic carboxylic acids is 2. The number of H-pyrrole nitrogens is 1. The molecule has 3 aliphatic heterocycles. The van der Waals surface area contributed by atoms with Gasteiger partial charge in [-0.3, -0.25) is 14.4 Å². The maximum Gasteiger partial charge on any atom is 0.303 e. The lowest BCUT2D eigenvalue weighted by Gasteiger charge is -2.32. The monoisotopic (exact) mass is 612 g/mol. The van der Waals surface area contributed by atoms with E-state index in [9.17, 15) is 34.8 Å². The molecule has 8 N–H and O–H groups in total. The van der Waals surface area contributed by atoms with E-state index in [0.717, 1.165) is 51.5 Å². The molecule has 1 aromatic heterocycles. The number of amides is 1. The summed E-state index contributed by atoms with van der Waals surface area (Å²) in [5, 5.41) is 50.6. The number of hydrogen-bond acceptors (Lipinski definition) is 7. The normalized spacial score (nSPS) is 28.4. The molecule has 4 rings (SSSR count). The fourth-order valence-electron chi connectivity index (χ4n) is 7.41. The van der Waals surface area contributed by atoms with Gasteiger partial charge in [-0.2, -0.15) is 0 Å². The lowest BCUT2D eigenvalue weighted by molar-refractivity contribution is -0.138. The number of carbonyl (C=O) groups is 3. The van der Waals surface area contributed by atoms with Crippen LogP contribution in [0.15, 0.2) is 28.4 Å². The van der Waals surface area contributed by atoms with Crippen LogP contribution < -0.4 is 16.0 Å². The van der Waals surface area contributed by atoms with Crippen molar-refractivity contribution in [1.29, 1.82) is 0 Å². The van der Waals surface area contributed by atoms with Crippen LogP contribution in [0.2, 0.25) is 0 Å². The van der Waals surface area contributed by atoms with Gasteiger partial charge in [-0.15, -0.1) is 0 Å². The van der Waals surface area contributed by atoms with E-state index < -0.39 is 30.1 Å². The Kier molecular flexibility index (Phi) is 10.2. The third-order valence-electron chi connectivity index (χ3n) is 10.1. The van der Waals surface area contributed by atoms with Gasteiger partial charge < -0.3 is 41.4 Å². The molecule has 242 valence electrons. The predicted octanol–water partition coefficient (Wildman–Crippen LogP) is 3.89. The Bertz CT molecular complexity index is 1390. The van der Waals surface area contributed by atoms with Crippen LogP contribution in [0.4, 0.5) is 0 Å². The molecule has 4 unspecified atom stereocenters. The van der Waals surface area contributed by atoms with Crippen LogP contribution in [0, 0.1) is 30.6 Å². The van der Waals surface area contributed by atoms with E-state index in [0.29, 0.717) is 25.7 Å². The summed E-state index contributed by atoms with van der Waals surface area (Å²) < 4.78 is 0. The summed E-state index contributed by atoms with van der Waals surface area (Å²) >= 11 is 0. The molecular formula is C33H48N4O7. The standard InChI is InChI=1S/C33H48N4O7/c1-7-19-18(6)32(43)36-24(19)13-23-15(3)21(9-11-27(38)39)25(34-23)14-26-22(10-12-28(40)41)17(5)29(35-26)31(42)30-16(4)20(8-2)33(44)37-30/h13,16-19,29-31,34-35,37,42,44H,7-12,14H2,1-6H3,(H,36,43)(H,38,39)(H,40,41)/b24-13-/t16?,17?,18-,19-,29?,30?,31-/m1/s1. The highest BCUT2D eigenvalue weighted by Crippen LogP contribution is 2.38. The van der Waals surface area contributed by atoms with Crippen molar-refractivity contribution in [3.63, 3.8) is 0 Å². The van der Waals surface area contributed by atoms with Crippen molar-refractivity contribution in [3.05, 3.63) is 50.9 Å². The van der Waals surface area contributed by atoms with E-state index in [4.69, 9.17) is 0 Å². The molecule has 1 amide bonds. The molecule has 1 aromatic rings. The quantitative estimate of drug-likeness (QED) is 0.164. The van der Waals surface area contributed by atoms with Gasteiger partial charge in [-0.1, -0.05) is 34.6 Å². The zero-order valence-corrected chi connectivity index (χ0v) is 26.6. The van der Waals surface area contributed by atoms with Crippen molar-refractivity contribution >= 4 is 23.9 Å². The number of carbonyl (C=O) groups excluding carboxylic acids is 1. The van der Waals surface area contributed by atoms with Gasteiger partial charge in [-0.05, 0) is 61.0 Å². The summed E-state index contributed by atoms with van der Waals surface area (Å²) in [5.41, 5.74) is 6.83. The molecule has 0 bridgehead atoms. The van der Waals surface area contributed by atoms with E-state index in [1.807, 2.05) is 47.6 Å². The van der Waals surface area contributed by atoms with Gasteiger partial charge in [0.25, 0.3) is 0 Å². The molecule has 7 atom stereocenters. The van der Waals surface area contributed by atoms with Crippen LogP contribution in [0.25, 0.3) is 6.08 Å². The highest BCUT2D eigenvalue weighted by Gasteiger charge is 2.44. The van der Waals surface area contributed by atoms with Gasteiger partial charge in [0, 0.05) is 65.7 Å². The van der Waals surface area contributed by atoms with Crippen LogP contribution >= 0.6 is 0 Å². The van der Waals surface area contributed by atoms with Crippen LogP contribution in [0.1, 0.15) is 89.2 Å². The predicted molar refractivity (Wildman–Crippen MR) is 166 cm³/mol. The third kappa shape index (κ3) is 6.52. The summed E-state index contributed by atoms with van der Waals surface area (Å²) in [7, 11) is 0. The minimum absolute atomic E-state index is 0.0127. The van der Waals surface area contributed by atoms with E-state index in [1.54, 1.807) is 0 Å². The first-order valence-corrected chi connectivity index (χ1v) is 15.8. The first kappa shape index (κ1) is 33.2. The minimum atomic E-state index is -0.911. The number of rotatable bonds is 13. The van der Waals surface area contributed by atoms with E-state index in [1.165, 1.54) is 0 Å². The molecule has 0 aliphatic carbocycles. The van der Waals surface area contributed by atoms with Gasteiger partial charge in [-0.25, -0.2) is 0 Å². The second kappa shape index (κ2) is 13.5. The Morgan fingerprint density at radius 3 is 2.14 bits per heavy atom. The van der Waals surface area contributed by atoms with Crippen LogP contribution in [-0.2, 0) is 27.2 Å². The Balaban J connectivity index is 1.68. The number of carboxylic acids is 2. The highest BCUT2D eigenvalue weighted by molar-refractivity contribution is 5.86. The molecule has 1 fully saturated rings. The van der Waals surface area contributed by atoms with Crippen LogP contribution in [0.3, 0.4) is 0 Å². The average molecular weight is 613 g/mol. The zero-order valence-electron chi connectivity index (χ0n) is 26.6. The van der Waals surface area contributed by atoms with Crippen molar-refractivity contribution in [2.45, 2.75) is 105 Å². The number of hydrogen-bond donors (Lipinski definition) is 8. The molecule has 11 nitrogen and oxygen atoms in total. The molecule has 1 saturated heterocycles. The number of aromatic nitrogens is 1. The topological polar surface area (TPSA) is 184 Å². The van der Waals surface area contributed by atoms with E-state index >= 15 is 0 Å². The first-order chi connectivity index (χ1) is 20.8. The van der Waals surface area contributed by atoms with E-state index in [2.05, 4.69) is 20.9 Å². The Morgan fingerprint density at radius 2 is 1.55 bits per heavy atom. The number of allylic oxidation sites excluding steroid dienone is 2. The van der Waals surface area contributed by atoms with Crippen molar-refractivity contribution in [2.24, 2.45) is 23.7 Å². The molecule has 3 aliphatic rings. The van der Waals surface area contributed by atoms with Crippen molar-refractivity contribution in [3.8, 4) is 0 Å². The average Bonchev–Trinajstić information content (AvgIpc) is 3.62. The van der Waals surface area contributed by atoms with Crippen LogP contribution in [-0.4, -0.2) is 61.4 Å². The number of aliphatic hydroxyl groups is 2. The lowest BCUT2D eigenvalue weighted by Crippen LogP contribution is -2.52. The molecule has 0 saturated carbocycles. The molecule has 0 radical (unpaired) electrons. The minimum Gasteiger partial charge on any atom is -0.495 e. The third-order valence-corrected chi connectivity index (χ3v) is 10.1.